The number of nitrogens with zero attached hydrogens (tertiary/aromatic N) is 2. The van der Waals surface area contributed by atoms with Gasteiger partial charge in [-0.1, -0.05) is 26.0 Å². The van der Waals surface area contributed by atoms with Crippen LogP contribution in [0.1, 0.15) is 25.5 Å². The summed E-state index contributed by atoms with van der Waals surface area (Å²) >= 11 is 0. The molecule has 0 radical (unpaired) electrons. The average molecular weight is 334 g/mol. The number of benzene rings is 1. The summed E-state index contributed by atoms with van der Waals surface area (Å²) in [4.78, 5) is 28.4. The summed E-state index contributed by atoms with van der Waals surface area (Å²) in [6, 6.07) is 4.98. The molecule has 0 aromatic heterocycles. The third kappa shape index (κ3) is 3.48. The highest BCUT2D eigenvalue weighted by molar-refractivity contribution is 6.09. The number of hydrogen-bond acceptors (Lipinski definition) is 4. The smallest absolute Gasteiger partial charge is 0.290 e. The minimum atomic E-state index is -0.687. The van der Waals surface area contributed by atoms with Crippen LogP contribution in [0.2, 0.25) is 0 Å². The van der Waals surface area contributed by atoms with Crippen LogP contribution >= 0.6 is 0 Å². The zero-order chi connectivity index (χ0) is 18.0. The molecule has 0 spiro atoms. The zero-order valence-corrected chi connectivity index (χ0v) is 14.4. The molecule has 1 aromatic carbocycles. The number of ketones is 1. The van der Waals surface area contributed by atoms with E-state index >= 15 is 0 Å². The molecule has 0 saturated heterocycles. The predicted molar refractivity (Wildman–Crippen MR) is 88.9 cm³/mol. The first-order valence-corrected chi connectivity index (χ1v) is 7.92. The molecule has 0 aliphatic carbocycles. The van der Waals surface area contributed by atoms with E-state index in [4.69, 9.17) is 0 Å². The lowest BCUT2D eigenvalue weighted by Crippen LogP contribution is -2.36. The van der Waals surface area contributed by atoms with Gasteiger partial charge >= 0.3 is 0 Å². The fourth-order valence-electron chi connectivity index (χ4n) is 2.75. The SMILES string of the molecule is CC(C)C(=O)C1=C(O)C(=O)N(CCN(C)C)C1c1ccc(F)cc1. The van der Waals surface area contributed by atoms with Gasteiger partial charge in [0, 0.05) is 19.0 Å². The number of amides is 1. The van der Waals surface area contributed by atoms with E-state index in [2.05, 4.69) is 0 Å². The van der Waals surface area contributed by atoms with Crippen molar-refractivity contribution in [1.82, 2.24) is 9.80 Å². The molecular weight excluding hydrogens is 311 g/mol. The molecule has 130 valence electrons. The molecule has 1 aliphatic rings. The number of aliphatic hydroxyl groups is 1. The Morgan fingerprint density at radius 1 is 1.29 bits per heavy atom. The first-order chi connectivity index (χ1) is 11.2. The molecule has 1 aromatic rings. The van der Waals surface area contributed by atoms with Crippen LogP contribution in [0.3, 0.4) is 0 Å². The number of carbonyl (C=O) groups excluding carboxylic acids is 2. The molecule has 2 rings (SSSR count). The Balaban J connectivity index is 2.48. The van der Waals surface area contributed by atoms with Crippen LogP contribution in [0, 0.1) is 11.7 Å². The maximum atomic E-state index is 13.2. The molecule has 1 aliphatic heterocycles. The Labute approximate surface area is 141 Å². The Kier molecular flexibility index (Phi) is 5.39. The summed E-state index contributed by atoms with van der Waals surface area (Å²) < 4.78 is 13.2. The molecule has 6 heteroatoms. The van der Waals surface area contributed by atoms with E-state index in [-0.39, 0.29) is 17.3 Å². The first kappa shape index (κ1) is 18.1. The molecule has 0 fully saturated rings. The van der Waals surface area contributed by atoms with Crippen molar-refractivity contribution < 1.29 is 19.1 Å². The fraction of sp³-hybridized carbons (Fsp3) is 0.444. The monoisotopic (exact) mass is 334 g/mol. The number of carbonyl (C=O) groups is 2. The van der Waals surface area contributed by atoms with Gasteiger partial charge in [0.05, 0.1) is 11.6 Å². The molecule has 0 saturated carbocycles. The van der Waals surface area contributed by atoms with Crippen molar-refractivity contribution in [3.05, 3.63) is 47.0 Å². The topological polar surface area (TPSA) is 60.9 Å². The summed E-state index contributed by atoms with van der Waals surface area (Å²) in [7, 11) is 3.75. The third-order valence-corrected chi connectivity index (χ3v) is 4.07. The van der Waals surface area contributed by atoms with Crippen molar-refractivity contribution in [2.24, 2.45) is 5.92 Å². The lowest BCUT2D eigenvalue weighted by atomic mass is 9.91. The van der Waals surface area contributed by atoms with Crippen LogP contribution in [-0.2, 0) is 9.59 Å². The second kappa shape index (κ2) is 7.13. The highest BCUT2D eigenvalue weighted by Crippen LogP contribution is 2.38. The summed E-state index contributed by atoms with van der Waals surface area (Å²) in [5, 5.41) is 10.3. The third-order valence-electron chi connectivity index (χ3n) is 4.07. The van der Waals surface area contributed by atoms with E-state index < -0.39 is 23.5 Å². The molecule has 24 heavy (non-hydrogen) atoms. The molecule has 1 unspecified atom stereocenters. The molecule has 5 nitrogen and oxygen atoms in total. The Hall–Kier alpha value is -2.21. The van der Waals surface area contributed by atoms with Gasteiger partial charge in [-0.3, -0.25) is 9.59 Å². The van der Waals surface area contributed by atoms with Crippen molar-refractivity contribution in [2.75, 3.05) is 27.2 Å². The van der Waals surface area contributed by atoms with E-state index in [9.17, 15) is 19.1 Å². The van der Waals surface area contributed by atoms with Crippen LogP contribution in [0.5, 0.6) is 0 Å². The van der Waals surface area contributed by atoms with E-state index in [0.717, 1.165) is 0 Å². The van der Waals surface area contributed by atoms with Gasteiger partial charge in [0.25, 0.3) is 5.91 Å². The van der Waals surface area contributed by atoms with Gasteiger partial charge in [-0.15, -0.1) is 0 Å². The molecule has 1 N–H and O–H groups in total. The Bertz CT molecular complexity index is 665. The largest absolute Gasteiger partial charge is 0.503 e. The van der Waals surface area contributed by atoms with Crippen LogP contribution in [-0.4, -0.2) is 53.8 Å². The molecule has 1 amide bonds. The van der Waals surface area contributed by atoms with Crippen molar-refractivity contribution >= 4 is 11.7 Å². The van der Waals surface area contributed by atoms with Gasteiger partial charge in [-0.25, -0.2) is 4.39 Å². The zero-order valence-electron chi connectivity index (χ0n) is 14.4. The van der Waals surface area contributed by atoms with Gasteiger partial charge in [0.2, 0.25) is 0 Å². The van der Waals surface area contributed by atoms with Gasteiger partial charge in [0.15, 0.2) is 11.5 Å². The number of hydrogen-bond donors (Lipinski definition) is 1. The van der Waals surface area contributed by atoms with Crippen LogP contribution in [0.15, 0.2) is 35.6 Å². The maximum absolute atomic E-state index is 13.2. The van der Waals surface area contributed by atoms with Gasteiger partial charge in [0.1, 0.15) is 5.82 Å². The molecule has 1 heterocycles. The summed E-state index contributed by atoms with van der Waals surface area (Å²) in [5.74, 6) is -2.08. The minimum absolute atomic E-state index is 0.0976. The predicted octanol–water partition coefficient (Wildman–Crippen LogP) is 2.31. The Morgan fingerprint density at radius 2 is 1.88 bits per heavy atom. The number of halogens is 1. The van der Waals surface area contributed by atoms with E-state index in [1.54, 1.807) is 26.0 Å². The quantitative estimate of drug-likeness (QED) is 0.867. The number of likely N-dealkylation sites (N-methyl/N-ethyl adjacent to an activating group) is 1. The molecule has 1 atom stereocenters. The fourth-order valence-corrected chi connectivity index (χ4v) is 2.75. The first-order valence-electron chi connectivity index (χ1n) is 7.92. The van der Waals surface area contributed by atoms with Gasteiger partial charge in [-0.05, 0) is 31.8 Å². The van der Waals surface area contributed by atoms with E-state index in [1.165, 1.54) is 17.0 Å². The lowest BCUT2D eigenvalue weighted by molar-refractivity contribution is -0.129. The molecule has 0 bridgehead atoms. The highest BCUT2D eigenvalue weighted by atomic mass is 19.1. The molecular formula is C18H23FN2O3. The van der Waals surface area contributed by atoms with Crippen molar-refractivity contribution in [2.45, 2.75) is 19.9 Å². The van der Waals surface area contributed by atoms with Crippen molar-refractivity contribution in [3.8, 4) is 0 Å². The van der Waals surface area contributed by atoms with Crippen LogP contribution < -0.4 is 0 Å². The highest BCUT2D eigenvalue weighted by Gasteiger charge is 2.43. The number of rotatable bonds is 6. The van der Waals surface area contributed by atoms with E-state index in [1.807, 2.05) is 19.0 Å². The van der Waals surface area contributed by atoms with Crippen molar-refractivity contribution in [3.63, 3.8) is 0 Å². The second-order valence-electron chi connectivity index (χ2n) is 6.54. The summed E-state index contributed by atoms with van der Waals surface area (Å²) in [5.41, 5.74) is 0.705. The van der Waals surface area contributed by atoms with E-state index in [0.29, 0.717) is 18.7 Å². The standard InChI is InChI=1S/C18H23FN2O3/c1-11(2)16(22)14-15(12-5-7-13(19)8-6-12)21(10-9-20(3)4)18(24)17(14)23/h5-8,11,15,23H,9-10H2,1-4H3. The van der Waals surface area contributed by atoms with Gasteiger partial charge < -0.3 is 14.9 Å². The lowest BCUT2D eigenvalue weighted by Gasteiger charge is -2.28. The van der Waals surface area contributed by atoms with Gasteiger partial charge in [-0.2, -0.15) is 0 Å². The Morgan fingerprint density at radius 3 is 2.38 bits per heavy atom. The minimum Gasteiger partial charge on any atom is -0.503 e. The number of Topliss-reactive ketones (excluding diaryl/α,β-unsaturated/α-hetero) is 1. The maximum Gasteiger partial charge on any atom is 0.290 e. The van der Waals surface area contributed by atoms with Crippen molar-refractivity contribution in [1.29, 1.82) is 0 Å². The second-order valence-corrected chi connectivity index (χ2v) is 6.54. The normalized spacial score (nSPS) is 18.2. The summed E-state index contributed by atoms with van der Waals surface area (Å²) in [6.07, 6.45) is 0. The summed E-state index contributed by atoms with van der Waals surface area (Å²) in [6.45, 7) is 4.38. The van der Waals surface area contributed by atoms with Crippen LogP contribution in [0.4, 0.5) is 4.39 Å². The average Bonchev–Trinajstić information content (AvgIpc) is 2.77. The van der Waals surface area contributed by atoms with Crippen LogP contribution in [0.25, 0.3) is 0 Å². The number of aliphatic hydroxyl groups excluding tert-OH is 1.